The van der Waals surface area contributed by atoms with Crippen LogP contribution in [0.1, 0.15) is 44.1 Å². The topological polar surface area (TPSA) is 12.0 Å². The SMILES string of the molecule is CCC1CCC(CNC)C(c2ccc3ccccc3c2)C1. The zero-order valence-corrected chi connectivity index (χ0v) is 13.3. The first-order valence-electron chi connectivity index (χ1n) is 8.45. The summed E-state index contributed by atoms with van der Waals surface area (Å²) in [6.07, 6.45) is 5.47. The zero-order chi connectivity index (χ0) is 14.7. The summed E-state index contributed by atoms with van der Waals surface area (Å²) in [5.74, 6) is 2.43. The standard InChI is InChI=1S/C20H27N/c1-3-15-8-9-19(14-21-2)20(12-15)18-11-10-16-6-4-5-7-17(16)13-18/h4-7,10-11,13,15,19-21H,3,8-9,12,14H2,1-2H3. The lowest BCUT2D eigenvalue weighted by atomic mass is 9.70. The van der Waals surface area contributed by atoms with E-state index in [0.717, 1.165) is 24.3 Å². The summed E-state index contributed by atoms with van der Waals surface area (Å²) in [7, 11) is 2.09. The first kappa shape index (κ1) is 14.6. The average molecular weight is 281 g/mol. The van der Waals surface area contributed by atoms with Gasteiger partial charge in [-0.05, 0) is 60.5 Å². The fourth-order valence-electron chi connectivity index (χ4n) is 4.04. The molecule has 1 heteroatoms. The number of nitrogens with one attached hydrogen (secondary N) is 1. The van der Waals surface area contributed by atoms with Crippen LogP contribution in [-0.2, 0) is 0 Å². The van der Waals surface area contributed by atoms with E-state index in [1.807, 2.05) is 0 Å². The minimum Gasteiger partial charge on any atom is -0.319 e. The van der Waals surface area contributed by atoms with Crippen molar-refractivity contribution in [3.8, 4) is 0 Å². The molecule has 21 heavy (non-hydrogen) atoms. The molecule has 0 bridgehead atoms. The molecule has 2 aromatic rings. The molecule has 1 nitrogen and oxygen atoms in total. The highest BCUT2D eigenvalue weighted by Crippen LogP contribution is 2.42. The Kier molecular flexibility index (Phi) is 4.60. The normalized spacial score (nSPS) is 26.1. The molecule has 0 aliphatic heterocycles. The molecule has 0 radical (unpaired) electrons. The van der Waals surface area contributed by atoms with Crippen LogP contribution in [0.2, 0.25) is 0 Å². The number of rotatable bonds is 4. The van der Waals surface area contributed by atoms with E-state index in [2.05, 4.69) is 61.8 Å². The molecular weight excluding hydrogens is 254 g/mol. The summed E-state index contributed by atoms with van der Waals surface area (Å²) in [6, 6.07) is 15.8. The maximum absolute atomic E-state index is 3.41. The lowest BCUT2D eigenvalue weighted by Crippen LogP contribution is -2.30. The van der Waals surface area contributed by atoms with Crippen LogP contribution in [0.3, 0.4) is 0 Å². The van der Waals surface area contributed by atoms with E-state index in [4.69, 9.17) is 0 Å². The van der Waals surface area contributed by atoms with Gasteiger partial charge in [0.25, 0.3) is 0 Å². The van der Waals surface area contributed by atoms with Gasteiger partial charge >= 0.3 is 0 Å². The van der Waals surface area contributed by atoms with Gasteiger partial charge in [0.2, 0.25) is 0 Å². The van der Waals surface area contributed by atoms with E-state index in [0.29, 0.717) is 0 Å². The minimum atomic E-state index is 0.723. The Balaban J connectivity index is 1.92. The fraction of sp³-hybridized carbons (Fsp3) is 0.500. The largest absolute Gasteiger partial charge is 0.319 e. The molecule has 1 fully saturated rings. The van der Waals surface area contributed by atoms with Gasteiger partial charge < -0.3 is 5.32 Å². The van der Waals surface area contributed by atoms with Crippen molar-refractivity contribution < 1.29 is 0 Å². The van der Waals surface area contributed by atoms with Gasteiger partial charge in [-0.2, -0.15) is 0 Å². The second-order valence-corrected chi connectivity index (χ2v) is 6.62. The van der Waals surface area contributed by atoms with Crippen LogP contribution in [0.15, 0.2) is 42.5 Å². The summed E-state index contributed by atoms with van der Waals surface area (Å²) in [6.45, 7) is 3.49. The summed E-state index contributed by atoms with van der Waals surface area (Å²) >= 11 is 0. The fourth-order valence-corrected chi connectivity index (χ4v) is 4.04. The van der Waals surface area contributed by atoms with Crippen molar-refractivity contribution in [3.63, 3.8) is 0 Å². The number of benzene rings is 2. The van der Waals surface area contributed by atoms with Gasteiger partial charge in [0, 0.05) is 0 Å². The second-order valence-electron chi connectivity index (χ2n) is 6.62. The minimum absolute atomic E-state index is 0.723. The summed E-state index contributed by atoms with van der Waals surface area (Å²) in [5.41, 5.74) is 1.55. The van der Waals surface area contributed by atoms with E-state index in [1.165, 1.54) is 36.5 Å². The maximum atomic E-state index is 3.41. The quantitative estimate of drug-likeness (QED) is 0.834. The van der Waals surface area contributed by atoms with Gasteiger partial charge in [-0.1, -0.05) is 62.2 Å². The van der Waals surface area contributed by atoms with Crippen molar-refractivity contribution in [1.82, 2.24) is 5.32 Å². The Labute approximate surface area is 128 Å². The van der Waals surface area contributed by atoms with Crippen LogP contribution in [0, 0.1) is 11.8 Å². The van der Waals surface area contributed by atoms with Crippen molar-refractivity contribution in [3.05, 3.63) is 48.0 Å². The van der Waals surface area contributed by atoms with Crippen LogP contribution in [0.5, 0.6) is 0 Å². The smallest absolute Gasteiger partial charge is 0.00177 e. The molecule has 1 N–H and O–H groups in total. The molecule has 3 rings (SSSR count). The van der Waals surface area contributed by atoms with Gasteiger partial charge in [0.05, 0.1) is 0 Å². The predicted molar refractivity (Wildman–Crippen MR) is 91.7 cm³/mol. The highest BCUT2D eigenvalue weighted by molar-refractivity contribution is 5.83. The lowest BCUT2D eigenvalue weighted by molar-refractivity contribution is 0.228. The van der Waals surface area contributed by atoms with Crippen molar-refractivity contribution in [2.75, 3.05) is 13.6 Å². The van der Waals surface area contributed by atoms with E-state index >= 15 is 0 Å². The van der Waals surface area contributed by atoms with Crippen molar-refractivity contribution in [2.45, 2.75) is 38.5 Å². The van der Waals surface area contributed by atoms with E-state index < -0.39 is 0 Å². The van der Waals surface area contributed by atoms with E-state index in [1.54, 1.807) is 5.56 Å². The number of fused-ring (bicyclic) bond motifs is 1. The first-order valence-corrected chi connectivity index (χ1v) is 8.45. The molecule has 0 spiro atoms. The van der Waals surface area contributed by atoms with Crippen molar-refractivity contribution in [2.24, 2.45) is 11.8 Å². The van der Waals surface area contributed by atoms with Gasteiger partial charge in [-0.3, -0.25) is 0 Å². The number of hydrogen-bond acceptors (Lipinski definition) is 1. The Morgan fingerprint density at radius 3 is 2.62 bits per heavy atom. The van der Waals surface area contributed by atoms with Gasteiger partial charge in [0.1, 0.15) is 0 Å². The molecule has 0 saturated heterocycles. The monoisotopic (exact) mass is 281 g/mol. The molecule has 112 valence electrons. The Bertz CT molecular complexity index is 589. The summed E-state index contributed by atoms with van der Waals surface area (Å²) in [4.78, 5) is 0. The van der Waals surface area contributed by atoms with Gasteiger partial charge in [-0.15, -0.1) is 0 Å². The van der Waals surface area contributed by atoms with Crippen molar-refractivity contribution >= 4 is 10.8 Å². The predicted octanol–water partition coefficient (Wildman–Crippen LogP) is 4.97. The van der Waals surface area contributed by atoms with Gasteiger partial charge in [-0.25, -0.2) is 0 Å². The van der Waals surface area contributed by atoms with Crippen LogP contribution < -0.4 is 5.32 Å². The molecule has 0 heterocycles. The molecule has 1 aliphatic rings. The van der Waals surface area contributed by atoms with Gasteiger partial charge in [0.15, 0.2) is 0 Å². The molecule has 1 saturated carbocycles. The molecule has 3 atom stereocenters. The molecule has 0 aromatic heterocycles. The molecule has 2 aromatic carbocycles. The van der Waals surface area contributed by atoms with Crippen LogP contribution >= 0.6 is 0 Å². The molecule has 1 aliphatic carbocycles. The van der Waals surface area contributed by atoms with Crippen LogP contribution in [0.4, 0.5) is 0 Å². The Hall–Kier alpha value is -1.34. The Morgan fingerprint density at radius 2 is 1.86 bits per heavy atom. The van der Waals surface area contributed by atoms with E-state index in [-0.39, 0.29) is 0 Å². The average Bonchev–Trinajstić information content (AvgIpc) is 2.55. The molecule has 3 unspecified atom stereocenters. The zero-order valence-electron chi connectivity index (χ0n) is 13.3. The van der Waals surface area contributed by atoms with Crippen LogP contribution in [0.25, 0.3) is 10.8 Å². The summed E-state index contributed by atoms with van der Waals surface area (Å²) in [5, 5.41) is 6.15. The second kappa shape index (κ2) is 6.62. The molecular formula is C20H27N. The number of hydrogen-bond donors (Lipinski definition) is 1. The lowest BCUT2D eigenvalue weighted by Gasteiger charge is -2.36. The van der Waals surface area contributed by atoms with E-state index in [9.17, 15) is 0 Å². The maximum Gasteiger partial charge on any atom is -0.00177 e. The highest BCUT2D eigenvalue weighted by Gasteiger charge is 2.30. The third-order valence-corrected chi connectivity index (χ3v) is 5.35. The molecule has 0 amide bonds. The van der Waals surface area contributed by atoms with Crippen LogP contribution in [-0.4, -0.2) is 13.6 Å². The highest BCUT2D eigenvalue weighted by atomic mass is 14.8. The first-order chi connectivity index (χ1) is 10.3. The third-order valence-electron chi connectivity index (χ3n) is 5.35. The summed E-state index contributed by atoms with van der Waals surface area (Å²) < 4.78 is 0. The van der Waals surface area contributed by atoms with Crippen molar-refractivity contribution in [1.29, 1.82) is 0 Å². The Morgan fingerprint density at radius 1 is 1.05 bits per heavy atom. The third kappa shape index (κ3) is 3.13.